The maximum atomic E-state index is 12.8. The van der Waals surface area contributed by atoms with Crippen LogP contribution < -0.4 is 15.5 Å². The largest absolute Gasteiger partial charge is 0.349 e. The number of hydrogen-bond donors (Lipinski definition) is 2. The van der Waals surface area contributed by atoms with Crippen molar-refractivity contribution in [2.24, 2.45) is 5.92 Å². The number of carbonyl (C=O) groups is 3. The number of hydrogen-bond acceptors (Lipinski definition) is 3. The molecule has 2 aromatic carbocycles. The quantitative estimate of drug-likeness (QED) is 0.813. The predicted molar refractivity (Wildman–Crippen MR) is 107 cm³/mol. The number of benzene rings is 2. The van der Waals surface area contributed by atoms with Crippen LogP contribution in [0.2, 0.25) is 5.02 Å². The first-order valence-corrected chi connectivity index (χ1v) is 9.66. The van der Waals surface area contributed by atoms with Crippen molar-refractivity contribution in [2.45, 2.75) is 25.3 Å². The van der Waals surface area contributed by atoms with Gasteiger partial charge in [-0.15, -0.1) is 0 Å². The fourth-order valence-electron chi connectivity index (χ4n) is 3.27. The molecule has 2 aliphatic rings. The second kappa shape index (κ2) is 7.64. The van der Waals surface area contributed by atoms with Crippen molar-refractivity contribution in [3.8, 4) is 0 Å². The summed E-state index contributed by atoms with van der Waals surface area (Å²) in [7, 11) is 0. The van der Waals surface area contributed by atoms with Crippen molar-refractivity contribution < 1.29 is 14.4 Å². The Morgan fingerprint density at radius 2 is 1.75 bits per heavy atom. The molecule has 2 N–H and O–H groups in total. The fraction of sp³-hybridized carbons (Fsp3) is 0.286. The number of anilines is 2. The summed E-state index contributed by atoms with van der Waals surface area (Å²) >= 11 is 5.90. The van der Waals surface area contributed by atoms with E-state index >= 15 is 0 Å². The van der Waals surface area contributed by atoms with E-state index < -0.39 is 5.92 Å². The van der Waals surface area contributed by atoms with Crippen molar-refractivity contribution in [1.82, 2.24) is 5.32 Å². The van der Waals surface area contributed by atoms with Gasteiger partial charge >= 0.3 is 0 Å². The number of carbonyl (C=O) groups excluding carboxylic acids is 3. The van der Waals surface area contributed by atoms with Crippen LogP contribution in [-0.2, 0) is 9.59 Å². The van der Waals surface area contributed by atoms with Crippen LogP contribution >= 0.6 is 11.6 Å². The van der Waals surface area contributed by atoms with E-state index in [4.69, 9.17) is 11.6 Å². The molecule has 2 fully saturated rings. The van der Waals surface area contributed by atoms with Gasteiger partial charge in [-0.05, 0) is 49.2 Å². The molecule has 28 heavy (non-hydrogen) atoms. The third-order valence-electron chi connectivity index (χ3n) is 4.98. The van der Waals surface area contributed by atoms with Gasteiger partial charge in [0.05, 0.1) is 17.2 Å². The molecular formula is C21H20ClN3O3. The summed E-state index contributed by atoms with van der Waals surface area (Å²) in [5, 5.41) is 6.35. The SMILES string of the molecule is O=C(NC1CC1)c1ccccc1NC(=O)C1CC(=O)N(c2ccc(Cl)cc2)C1. The molecule has 7 heteroatoms. The molecule has 1 aliphatic heterocycles. The van der Waals surface area contributed by atoms with Crippen LogP contribution in [-0.4, -0.2) is 30.3 Å². The van der Waals surface area contributed by atoms with Gasteiger partial charge in [0.2, 0.25) is 11.8 Å². The number of rotatable bonds is 5. The molecular weight excluding hydrogens is 378 g/mol. The van der Waals surface area contributed by atoms with Gasteiger partial charge in [0.25, 0.3) is 5.91 Å². The van der Waals surface area contributed by atoms with Gasteiger partial charge in [-0.1, -0.05) is 23.7 Å². The lowest BCUT2D eigenvalue weighted by Crippen LogP contribution is -2.30. The normalized spacial score (nSPS) is 18.8. The van der Waals surface area contributed by atoms with Gasteiger partial charge in [0.15, 0.2) is 0 Å². The first-order valence-electron chi connectivity index (χ1n) is 9.28. The Morgan fingerprint density at radius 1 is 1.04 bits per heavy atom. The minimum absolute atomic E-state index is 0.109. The summed E-state index contributed by atoms with van der Waals surface area (Å²) in [6.45, 7) is 0.294. The van der Waals surface area contributed by atoms with Crippen LogP contribution in [0.1, 0.15) is 29.6 Å². The first-order chi connectivity index (χ1) is 13.5. The minimum Gasteiger partial charge on any atom is -0.349 e. The second-order valence-electron chi connectivity index (χ2n) is 7.16. The van der Waals surface area contributed by atoms with Crippen molar-refractivity contribution in [3.05, 3.63) is 59.1 Å². The van der Waals surface area contributed by atoms with Crippen molar-refractivity contribution in [2.75, 3.05) is 16.8 Å². The predicted octanol–water partition coefficient (Wildman–Crippen LogP) is 3.22. The van der Waals surface area contributed by atoms with Crippen molar-refractivity contribution >= 4 is 40.7 Å². The second-order valence-corrected chi connectivity index (χ2v) is 7.60. The molecule has 1 saturated heterocycles. The lowest BCUT2D eigenvalue weighted by Gasteiger charge is -2.17. The Hall–Kier alpha value is -2.86. The monoisotopic (exact) mass is 397 g/mol. The van der Waals surface area contributed by atoms with Gasteiger partial charge in [-0.25, -0.2) is 0 Å². The van der Waals surface area contributed by atoms with E-state index in [2.05, 4.69) is 10.6 Å². The molecule has 0 aromatic heterocycles. The maximum absolute atomic E-state index is 12.8. The molecule has 0 bridgehead atoms. The highest BCUT2D eigenvalue weighted by atomic mass is 35.5. The summed E-state index contributed by atoms with van der Waals surface area (Å²) < 4.78 is 0. The molecule has 1 atom stereocenters. The molecule has 1 saturated carbocycles. The molecule has 1 aliphatic carbocycles. The first kappa shape index (κ1) is 18.5. The Morgan fingerprint density at radius 3 is 2.46 bits per heavy atom. The van der Waals surface area contributed by atoms with E-state index in [-0.39, 0.29) is 30.2 Å². The summed E-state index contributed by atoms with van der Waals surface area (Å²) in [5.41, 5.74) is 1.61. The summed E-state index contributed by atoms with van der Waals surface area (Å²) in [4.78, 5) is 39.1. The van der Waals surface area contributed by atoms with E-state index in [0.29, 0.717) is 28.5 Å². The summed E-state index contributed by atoms with van der Waals surface area (Å²) in [5.74, 6) is -1.05. The van der Waals surface area contributed by atoms with Crippen LogP contribution in [0.5, 0.6) is 0 Å². The molecule has 3 amide bonds. The van der Waals surface area contributed by atoms with E-state index in [1.54, 1.807) is 53.4 Å². The van der Waals surface area contributed by atoms with Gasteiger partial charge in [-0.3, -0.25) is 14.4 Å². The number of amides is 3. The van der Waals surface area contributed by atoms with Crippen LogP contribution in [0, 0.1) is 5.92 Å². The van der Waals surface area contributed by atoms with Crippen molar-refractivity contribution in [1.29, 1.82) is 0 Å². The lowest BCUT2D eigenvalue weighted by molar-refractivity contribution is -0.122. The van der Waals surface area contributed by atoms with Gasteiger partial charge in [0, 0.05) is 29.7 Å². The Balaban J connectivity index is 1.45. The van der Waals surface area contributed by atoms with Gasteiger partial charge in [-0.2, -0.15) is 0 Å². The average Bonchev–Trinajstić information content (AvgIpc) is 3.41. The molecule has 2 aromatic rings. The minimum atomic E-state index is -0.484. The number of nitrogens with zero attached hydrogens (tertiary/aromatic N) is 1. The Labute approximate surface area is 167 Å². The highest BCUT2D eigenvalue weighted by Gasteiger charge is 2.35. The van der Waals surface area contributed by atoms with E-state index in [0.717, 1.165) is 12.8 Å². The van der Waals surface area contributed by atoms with Crippen LogP contribution in [0.25, 0.3) is 0 Å². The molecule has 1 unspecified atom stereocenters. The van der Waals surface area contributed by atoms with E-state index in [1.807, 2.05) is 0 Å². The lowest BCUT2D eigenvalue weighted by atomic mass is 10.1. The number of nitrogens with one attached hydrogen (secondary N) is 2. The zero-order valence-electron chi connectivity index (χ0n) is 15.2. The highest BCUT2D eigenvalue weighted by Crippen LogP contribution is 2.28. The highest BCUT2D eigenvalue weighted by molar-refractivity contribution is 6.30. The fourth-order valence-corrected chi connectivity index (χ4v) is 3.40. The van der Waals surface area contributed by atoms with Crippen LogP contribution in [0.3, 0.4) is 0 Å². The van der Waals surface area contributed by atoms with E-state index in [1.165, 1.54) is 0 Å². The number of halogens is 1. The van der Waals surface area contributed by atoms with Gasteiger partial charge < -0.3 is 15.5 Å². The summed E-state index contributed by atoms with van der Waals surface area (Å²) in [6.07, 6.45) is 2.11. The number of para-hydroxylation sites is 1. The molecule has 6 nitrogen and oxygen atoms in total. The molecule has 0 spiro atoms. The Bertz CT molecular complexity index is 925. The third-order valence-corrected chi connectivity index (χ3v) is 5.23. The van der Waals surface area contributed by atoms with Gasteiger partial charge in [0.1, 0.15) is 0 Å². The van der Waals surface area contributed by atoms with Crippen LogP contribution in [0.4, 0.5) is 11.4 Å². The standard InChI is InChI=1S/C21H20ClN3O3/c22-14-5-9-16(10-6-14)25-12-13(11-19(25)26)20(27)24-18-4-2-1-3-17(18)21(28)23-15-7-8-15/h1-6,9-10,13,15H,7-8,11-12H2,(H,23,28)(H,24,27). The smallest absolute Gasteiger partial charge is 0.253 e. The topological polar surface area (TPSA) is 78.5 Å². The molecule has 144 valence electrons. The third kappa shape index (κ3) is 4.02. The average molecular weight is 398 g/mol. The van der Waals surface area contributed by atoms with Crippen molar-refractivity contribution in [3.63, 3.8) is 0 Å². The Kier molecular flexibility index (Phi) is 5.05. The summed E-state index contributed by atoms with van der Waals surface area (Å²) in [6, 6.07) is 14.1. The molecule has 1 heterocycles. The van der Waals surface area contributed by atoms with E-state index in [9.17, 15) is 14.4 Å². The molecule has 4 rings (SSSR count). The zero-order valence-corrected chi connectivity index (χ0v) is 15.9. The zero-order chi connectivity index (χ0) is 19.7. The van der Waals surface area contributed by atoms with Crippen LogP contribution in [0.15, 0.2) is 48.5 Å². The maximum Gasteiger partial charge on any atom is 0.253 e. The molecule has 0 radical (unpaired) electrons.